The highest BCUT2D eigenvalue weighted by Crippen LogP contribution is 2.37. The Labute approximate surface area is 287 Å². The fraction of sp³-hybridized carbons (Fsp3) is 0.0769. The van der Waals surface area contributed by atoms with E-state index < -0.39 is 17.1 Å². The van der Waals surface area contributed by atoms with E-state index in [4.69, 9.17) is 8.94 Å². The zero-order valence-electron chi connectivity index (χ0n) is 26.7. The molecule has 0 radical (unpaired) electrons. The van der Waals surface area contributed by atoms with Crippen LogP contribution in [0.25, 0.3) is 17.4 Å². The SMILES string of the molecule is Cc1ccc(-c2ccc(/C=C(\NC(=O)c3ccccc3)C(=O)Nc3ccc(S[C@@H](C(=O)Nc4cc(C)on4)c4ccccc4)cc3)o2)cc1. The quantitative estimate of drug-likeness (QED) is 0.0934. The van der Waals surface area contributed by atoms with Crippen LogP contribution >= 0.6 is 11.8 Å². The van der Waals surface area contributed by atoms with Gasteiger partial charge in [-0.05, 0) is 67.9 Å². The number of benzene rings is 4. The average molecular weight is 669 g/mol. The Morgan fingerprint density at radius 3 is 2.14 bits per heavy atom. The van der Waals surface area contributed by atoms with Gasteiger partial charge in [0, 0.05) is 33.9 Å². The van der Waals surface area contributed by atoms with Crippen molar-refractivity contribution in [1.82, 2.24) is 10.5 Å². The van der Waals surface area contributed by atoms with Crippen molar-refractivity contribution in [2.45, 2.75) is 24.0 Å². The summed E-state index contributed by atoms with van der Waals surface area (Å²) in [7, 11) is 0. The molecule has 244 valence electrons. The maximum absolute atomic E-state index is 13.6. The number of carbonyl (C=O) groups is 3. The molecule has 6 rings (SSSR count). The van der Waals surface area contributed by atoms with E-state index in [1.165, 1.54) is 17.8 Å². The third-order valence-electron chi connectivity index (χ3n) is 7.36. The highest BCUT2D eigenvalue weighted by Gasteiger charge is 2.23. The van der Waals surface area contributed by atoms with Crippen LogP contribution in [0.15, 0.2) is 147 Å². The lowest BCUT2D eigenvalue weighted by molar-refractivity contribution is -0.116. The summed E-state index contributed by atoms with van der Waals surface area (Å²) in [6.45, 7) is 3.76. The van der Waals surface area contributed by atoms with Crippen molar-refractivity contribution in [2.75, 3.05) is 10.6 Å². The molecule has 0 saturated heterocycles. The minimum atomic E-state index is -0.584. The molecule has 49 heavy (non-hydrogen) atoms. The molecule has 0 saturated carbocycles. The van der Waals surface area contributed by atoms with Gasteiger partial charge in [0.1, 0.15) is 28.2 Å². The molecule has 0 spiro atoms. The van der Waals surface area contributed by atoms with Crippen LogP contribution < -0.4 is 16.0 Å². The maximum atomic E-state index is 13.6. The van der Waals surface area contributed by atoms with Gasteiger partial charge >= 0.3 is 0 Å². The molecule has 3 amide bonds. The molecule has 0 aliphatic carbocycles. The van der Waals surface area contributed by atoms with E-state index >= 15 is 0 Å². The average Bonchev–Trinajstić information content (AvgIpc) is 3.77. The van der Waals surface area contributed by atoms with Gasteiger partial charge in [0.2, 0.25) is 5.91 Å². The minimum Gasteiger partial charge on any atom is -0.457 e. The molecule has 10 heteroatoms. The Balaban J connectivity index is 1.20. The highest BCUT2D eigenvalue weighted by molar-refractivity contribution is 8.00. The first-order valence-electron chi connectivity index (χ1n) is 15.4. The number of nitrogens with one attached hydrogen (secondary N) is 3. The summed E-state index contributed by atoms with van der Waals surface area (Å²) in [6.07, 6.45) is 1.50. The molecule has 0 bridgehead atoms. The van der Waals surface area contributed by atoms with Crippen LogP contribution in [0.3, 0.4) is 0 Å². The summed E-state index contributed by atoms with van der Waals surface area (Å²) in [6, 6.07) is 38.3. The molecular weight excluding hydrogens is 637 g/mol. The number of amides is 3. The second-order valence-electron chi connectivity index (χ2n) is 11.1. The first-order chi connectivity index (χ1) is 23.8. The van der Waals surface area contributed by atoms with E-state index in [0.717, 1.165) is 21.6 Å². The van der Waals surface area contributed by atoms with Gasteiger partial charge in [0.25, 0.3) is 11.8 Å². The van der Waals surface area contributed by atoms with E-state index in [1.807, 2.05) is 85.8 Å². The van der Waals surface area contributed by atoms with E-state index in [2.05, 4.69) is 21.1 Å². The third kappa shape index (κ3) is 8.62. The number of rotatable bonds is 11. The van der Waals surface area contributed by atoms with Crippen molar-refractivity contribution >= 4 is 47.1 Å². The largest absolute Gasteiger partial charge is 0.457 e. The summed E-state index contributed by atoms with van der Waals surface area (Å²) in [5.41, 5.74) is 3.73. The molecule has 2 heterocycles. The van der Waals surface area contributed by atoms with Crippen molar-refractivity contribution in [3.8, 4) is 11.3 Å². The Morgan fingerprint density at radius 1 is 0.776 bits per heavy atom. The fourth-order valence-electron chi connectivity index (χ4n) is 4.86. The lowest BCUT2D eigenvalue weighted by Gasteiger charge is -2.16. The molecule has 1 atom stereocenters. The number of hydrogen-bond donors (Lipinski definition) is 3. The smallest absolute Gasteiger partial charge is 0.272 e. The molecule has 6 aromatic rings. The lowest BCUT2D eigenvalue weighted by atomic mass is 10.1. The normalized spacial score (nSPS) is 11.8. The van der Waals surface area contributed by atoms with Crippen LogP contribution in [0, 0.1) is 13.8 Å². The molecule has 2 aromatic heterocycles. The topological polar surface area (TPSA) is 126 Å². The number of aryl methyl sites for hydroxylation is 2. The zero-order valence-corrected chi connectivity index (χ0v) is 27.5. The molecule has 3 N–H and O–H groups in total. The summed E-state index contributed by atoms with van der Waals surface area (Å²) in [5.74, 6) is 0.720. The standard InChI is InChI=1S/C39H32N4O5S/c1-25-13-15-27(16-14-25)34-22-19-31(47-34)24-33(41-37(44)29-11-7-4-8-12-29)38(45)40-30-17-20-32(21-18-30)49-36(28-9-5-3-6-10-28)39(46)42-35-23-26(2)48-43-35/h3-24,36H,1-2H3,(H,40,45)(H,41,44)(H,42,43,46)/b33-24-/t36-/m1/s1. The Morgan fingerprint density at radius 2 is 1.47 bits per heavy atom. The van der Waals surface area contributed by atoms with Crippen LogP contribution in [0.2, 0.25) is 0 Å². The molecular formula is C39H32N4O5S. The highest BCUT2D eigenvalue weighted by atomic mass is 32.2. The fourth-order valence-corrected chi connectivity index (χ4v) is 5.88. The predicted molar refractivity (Wildman–Crippen MR) is 191 cm³/mol. The maximum Gasteiger partial charge on any atom is 0.272 e. The summed E-state index contributed by atoms with van der Waals surface area (Å²) < 4.78 is 11.1. The Bertz CT molecular complexity index is 2090. The minimum absolute atomic E-state index is 0.000941. The number of aromatic nitrogens is 1. The molecule has 0 aliphatic heterocycles. The molecule has 0 unspecified atom stereocenters. The molecule has 9 nitrogen and oxygen atoms in total. The van der Waals surface area contributed by atoms with Crippen LogP contribution in [0.5, 0.6) is 0 Å². The number of thioether (sulfide) groups is 1. The van der Waals surface area contributed by atoms with E-state index in [9.17, 15) is 14.4 Å². The Kier molecular flexibility index (Phi) is 10.2. The van der Waals surface area contributed by atoms with Crippen LogP contribution in [0.1, 0.15) is 38.3 Å². The third-order valence-corrected chi connectivity index (χ3v) is 8.63. The summed E-state index contributed by atoms with van der Waals surface area (Å²) in [5, 5.41) is 11.7. The van der Waals surface area contributed by atoms with Crippen molar-refractivity contribution in [2.24, 2.45) is 0 Å². The van der Waals surface area contributed by atoms with E-state index in [-0.39, 0.29) is 11.6 Å². The van der Waals surface area contributed by atoms with Crippen molar-refractivity contribution in [1.29, 1.82) is 0 Å². The first-order valence-corrected chi connectivity index (χ1v) is 16.3. The van der Waals surface area contributed by atoms with Crippen molar-refractivity contribution in [3.05, 3.63) is 161 Å². The molecule has 0 aliphatic rings. The lowest BCUT2D eigenvalue weighted by Crippen LogP contribution is -2.30. The van der Waals surface area contributed by atoms with Gasteiger partial charge in [0.05, 0.1) is 0 Å². The van der Waals surface area contributed by atoms with Crippen LogP contribution in [-0.4, -0.2) is 22.9 Å². The van der Waals surface area contributed by atoms with Gasteiger partial charge in [-0.25, -0.2) is 0 Å². The number of nitrogens with zero attached hydrogens (tertiary/aromatic N) is 1. The molecule has 0 fully saturated rings. The van der Waals surface area contributed by atoms with Gasteiger partial charge in [0.15, 0.2) is 5.82 Å². The zero-order chi connectivity index (χ0) is 34.2. The number of carbonyl (C=O) groups excluding carboxylic acids is 3. The van der Waals surface area contributed by atoms with Crippen molar-refractivity contribution < 1.29 is 23.3 Å². The number of hydrogen-bond acceptors (Lipinski definition) is 7. The Hall–Kier alpha value is -6.13. The number of furan rings is 1. The van der Waals surface area contributed by atoms with Crippen LogP contribution in [-0.2, 0) is 9.59 Å². The van der Waals surface area contributed by atoms with Gasteiger partial charge in [-0.15, -0.1) is 11.8 Å². The van der Waals surface area contributed by atoms with Gasteiger partial charge in [-0.2, -0.15) is 0 Å². The van der Waals surface area contributed by atoms with Gasteiger partial charge < -0.3 is 24.9 Å². The second-order valence-corrected chi connectivity index (χ2v) is 12.3. The van der Waals surface area contributed by atoms with Crippen LogP contribution in [0.4, 0.5) is 11.5 Å². The number of anilines is 2. The van der Waals surface area contributed by atoms with E-state index in [1.54, 1.807) is 55.5 Å². The summed E-state index contributed by atoms with van der Waals surface area (Å²) in [4.78, 5) is 40.8. The predicted octanol–water partition coefficient (Wildman–Crippen LogP) is 8.43. The van der Waals surface area contributed by atoms with Crippen molar-refractivity contribution in [3.63, 3.8) is 0 Å². The first kappa shape index (κ1) is 32.8. The molecule has 4 aromatic carbocycles. The summed E-state index contributed by atoms with van der Waals surface area (Å²) >= 11 is 1.35. The van der Waals surface area contributed by atoms with Gasteiger partial charge in [-0.1, -0.05) is 83.5 Å². The van der Waals surface area contributed by atoms with E-state index in [0.29, 0.717) is 34.3 Å². The second kappa shape index (κ2) is 15.2. The monoisotopic (exact) mass is 668 g/mol. The van der Waals surface area contributed by atoms with Gasteiger partial charge in [-0.3, -0.25) is 14.4 Å².